The normalized spacial score (nSPS) is 16.2. The molecule has 0 aromatic carbocycles. The molecule has 8 heavy (non-hydrogen) atoms. The van der Waals surface area contributed by atoms with Crippen LogP contribution in [0.4, 0.5) is 0 Å². The summed E-state index contributed by atoms with van der Waals surface area (Å²) in [7, 11) is 0. The van der Waals surface area contributed by atoms with Crippen molar-refractivity contribution in [2.75, 3.05) is 13.2 Å². The molecule has 1 rings (SSSR count). The molecule has 4 heteroatoms. The minimum absolute atomic E-state index is 0.250. The van der Waals surface area contributed by atoms with E-state index in [1.165, 1.54) is 12.8 Å². The topological polar surface area (TPSA) is 9.23 Å². The fraction of sp³-hybridized carbons (Fsp3) is 1.00. The molecule has 0 amide bonds. The Labute approximate surface area is 70.9 Å². The molecule has 0 aromatic rings. The van der Waals surface area contributed by atoms with Crippen molar-refractivity contribution < 1.29 is 17.9 Å². The van der Waals surface area contributed by atoms with E-state index in [1.807, 2.05) is 0 Å². The Morgan fingerprint density at radius 2 is 1.50 bits per heavy atom. The first-order chi connectivity index (χ1) is 3.91. The summed E-state index contributed by atoms with van der Waals surface area (Å²) in [5, 5.41) is 0. The summed E-state index contributed by atoms with van der Waals surface area (Å²) in [5.41, 5.74) is 0. The summed E-state index contributed by atoms with van der Waals surface area (Å²) in [6, 6.07) is 0. The number of hydrogen-bond donors (Lipinski definition) is 0. The summed E-state index contributed by atoms with van der Waals surface area (Å²) in [4.78, 5) is 0. The standard InChI is InChI=1S/C4H8O.2BrH.Zn/c1-2-4-5-3-1;;;/h1-4H2;2*1H;/q;;;+2/p-2. The van der Waals surface area contributed by atoms with Crippen LogP contribution in [0.5, 0.6) is 0 Å². The second kappa shape index (κ2) is 8.54. The van der Waals surface area contributed by atoms with Crippen LogP contribution >= 0.6 is 27.2 Å². The van der Waals surface area contributed by atoms with Gasteiger partial charge < -0.3 is 4.74 Å². The van der Waals surface area contributed by atoms with Gasteiger partial charge in [0.2, 0.25) is 0 Å². The van der Waals surface area contributed by atoms with Gasteiger partial charge >= 0.3 is 40.5 Å². The van der Waals surface area contributed by atoms with Gasteiger partial charge in [0.05, 0.1) is 0 Å². The number of ether oxygens (including phenoxy) is 1. The number of hydrogen-bond acceptors (Lipinski definition) is 1. The van der Waals surface area contributed by atoms with E-state index in [-0.39, 0.29) is 13.2 Å². The van der Waals surface area contributed by atoms with Crippen LogP contribution in [-0.4, -0.2) is 13.2 Å². The molecule has 0 bridgehead atoms. The first-order valence-corrected chi connectivity index (χ1v) is 16.5. The Hall–Kier alpha value is 1.54. The van der Waals surface area contributed by atoms with Crippen molar-refractivity contribution in [1.82, 2.24) is 0 Å². The molecule has 0 saturated carbocycles. The third-order valence-electron chi connectivity index (χ3n) is 0.827. The van der Waals surface area contributed by atoms with Crippen LogP contribution in [0.2, 0.25) is 0 Å². The molecule has 1 saturated heterocycles. The van der Waals surface area contributed by atoms with Gasteiger partial charge in [-0.25, -0.2) is 0 Å². The molecule has 1 aliphatic rings. The van der Waals surface area contributed by atoms with Gasteiger partial charge in [0.15, 0.2) is 0 Å². The first kappa shape index (κ1) is 9.54. The summed E-state index contributed by atoms with van der Waals surface area (Å²) >= 11 is 6.25. The molecule has 0 aliphatic carbocycles. The maximum atomic E-state index is 4.94. The monoisotopic (exact) mass is 294 g/mol. The molecule has 0 N–H and O–H groups in total. The molecule has 0 spiro atoms. The predicted octanol–water partition coefficient (Wildman–Crippen LogP) is 2.49. The average Bonchev–Trinajstić information content (AvgIpc) is 2.17. The minimum atomic E-state index is -0.250. The van der Waals surface area contributed by atoms with E-state index in [2.05, 4.69) is 27.2 Å². The molecule has 1 heterocycles. The van der Waals surface area contributed by atoms with Gasteiger partial charge in [0, 0.05) is 13.2 Å². The number of halogens is 2. The van der Waals surface area contributed by atoms with E-state index in [1.54, 1.807) is 0 Å². The first-order valence-electron chi connectivity index (χ1n) is 2.61. The maximum absolute atomic E-state index is 4.94. The summed E-state index contributed by atoms with van der Waals surface area (Å²) in [6.07, 6.45) is 2.56. The fourth-order valence-electron chi connectivity index (χ4n) is 0.510. The Morgan fingerprint density at radius 1 is 1.12 bits per heavy atom. The number of rotatable bonds is 0. The second-order valence-electron chi connectivity index (χ2n) is 1.42. The van der Waals surface area contributed by atoms with Crippen molar-refractivity contribution in [2.24, 2.45) is 0 Å². The zero-order valence-electron chi connectivity index (χ0n) is 4.70. The average molecular weight is 297 g/mol. The van der Waals surface area contributed by atoms with E-state index >= 15 is 0 Å². The molecule has 0 unspecified atom stereocenters. The summed E-state index contributed by atoms with van der Waals surface area (Å²) < 4.78 is 4.94. The van der Waals surface area contributed by atoms with Gasteiger partial charge in [-0.2, -0.15) is 0 Å². The fourth-order valence-corrected chi connectivity index (χ4v) is 0.510. The van der Waals surface area contributed by atoms with Crippen molar-refractivity contribution in [3.63, 3.8) is 0 Å². The molecule has 0 atom stereocenters. The van der Waals surface area contributed by atoms with Gasteiger partial charge in [-0.3, -0.25) is 0 Å². The van der Waals surface area contributed by atoms with Gasteiger partial charge in [0.25, 0.3) is 0 Å². The quantitative estimate of drug-likeness (QED) is 0.624. The molecular formula is C4H8Br2OZn. The van der Waals surface area contributed by atoms with E-state index < -0.39 is 0 Å². The Morgan fingerprint density at radius 3 is 1.62 bits per heavy atom. The van der Waals surface area contributed by atoms with Crippen LogP contribution in [-0.2, 0) is 17.9 Å². The van der Waals surface area contributed by atoms with Gasteiger partial charge in [-0.1, -0.05) is 0 Å². The molecule has 0 aromatic heterocycles. The Bertz CT molecular complexity index is 33.4. The van der Waals surface area contributed by atoms with E-state index in [0.29, 0.717) is 0 Å². The van der Waals surface area contributed by atoms with Crippen molar-refractivity contribution >= 4 is 27.2 Å². The van der Waals surface area contributed by atoms with Gasteiger partial charge in [-0.15, -0.1) is 0 Å². The molecule has 1 nitrogen and oxygen atoms in total. The summed E-state index contributed by atoms with van der Waals surface area (Å²) in [6.45, 7) is 2.00. The van der Waals surface area contributed by atoms with Crippen LogP contribution < -0.4 is 0 Å². The van der Waals surface area contributed by atoms with Gasteiger partial charge in [-0.05, 0) is 12.8 Å². The Kier molecular flexibility index (Phi) is 10.2. The predicted molar refractivity (Wildman–Crippen MR) is 37.9 cm³/mol. The van der Waals surface area contributed by atoms with E-state index in [4.69, 9.17) is 4.74 Å². The second-order valence-corrected chi connectivity index (χ2v) is 15.5. The van der Waals surface area contributed by atoms with Gasteiger partial charge in [0.1, 0.15) is 0 Å². The van der Waals surface area contributed by atoms with Crippen LogP contribution in [0.3, 0.4) is 0 Å². The Balaban J connectivity index is 0.000000145. The van der Waals surface area contributed by atoms with Crippen LogP contribution in [0, 0.1) is 0 Å². The van der Waals surface area contributed by atoms with E-state index in [9.17, 15) is 0 Å². The van der Waals surface area contributed by atoms with Crippen LogP contribution in [0.25, 0.3) is 0 Å². The third-order valence-corrected chi connectivity index (χ3v) is 0.827. The summed E-state index contributed by atoms with van der Waals surface area (Å²) in [5.74, 6) is 0. The zero-order chi connectivity index (χ0) is 6.24. The molecule has 46 valence electrons. The molecule has 1 aliphatic heterocycles. The third kappa shape index (κ3) is 7.54. The van der Waals surface area contributed by atoms with Crippen molar-refractivity contribution in [3.05, 3.63) is 0 Å². The van der Waals surface area contributed by atoms with Crippen LogP contribution in [0.1, 0.15) is 12.8 Å². The zero-order valence-corrected chi connectivity index (χ0v) is 10.8. The van der Waals surface area contributed by atoms with E-state index in [0.717, 1.165) is 13.2 Å². The molecule has 1 fully saturated rings. The van der Waals surface area contributed by atoms with Crippen molar-refractivity contribution in [1.29, 1.82) is 0 Å². The SMILES string of the molecule is C1CCOC1.[Br][Zn][Br]. The van der Waals surface area contributed by atoms with Crippen LogP contribution in [0.15, 0.2) is 0 Å². The molecule has 0 radical (unpaired) electrons. The van der Waals surface area contributed by atoms with Crippen molar-refractivity contribution in [3.8, 4) is 0 Å². The molecular weight excluding hydrogens is 289 g/mol. The van der Waals surface area contributed by atoms with Crippen molar-refractivity contribution in [2.45, 2.75) is 12.8 Å².